The van der Waals surface area contributed by atoms with Crippen LogP contribution in [0.3, 0.4) is 0 Å². The number of aryl methyl sites for hydroxylation is 2. The molecule has 0 bridgehead atoms. The first-order valence-electron chi connectivity index (χ1n) is 7.55. The molecule has 0 radical (unpaired) electrons. The number of fused-ring (bicyclic) bond motifs is 1. The fourth-order valence-electron chi connectivity index (χ4n) is 3.20. The molecule has 1 aromatic heterocycles. The van der Waals surface area contributed by atoms with E-state index in [0.717, 1.165) is 28.7 Å². The van der Waals surface area contributed by atoms with Crippen LogP contribution in [0.1, 0.15) is 49.9 Å². The molecule has 3 rings (SSSR count). The Morgan fingerprint density at radius 2 is 2.00 bits per heavy atom. The Morgan fingerprint density at radius 1 is 1.27 bits per heavy atom. The second-order valence-corrected chi connectivity index (χ2v) is 6.15. The van der Waals surface area contributed by atoms with Crippen molar-refractivity contribution in [1.29, 1.82) is 0 Å². The Bertz CT molecular complexity index is 777. The third-order valence-electron chi connectivity index (χ3n) is 4.58. The van der Waals surface area contributed by atoms with Crippen LogP contribution in [0.5, 0.6) is 0 Å². The smallest absolute Gasteiger partial charge is 0.166 e. The van der Waals surface area contributed by atoms with Gasteiger partial charge in [0.2, 0.25) is 0 Å². The number of pyridine rings is 1. The van der Waals surface area contributed by atoms with Crippen LogP contribution in [-0.4, -0.2) is 16.6 Å². The summed E-state index contributed by atoms with van der Waals surface area (Å²) in [7, 11) is 0. The first-order chi connectivity index (χ1) is 10.5. The maximum atomic E-state index is 12.6. The minimum absolute atomic E-state index is 0.00208. The van der Waals surface area contributed by atoms with Gasteiger partial charge in [-0.25, -0.2) is 0 Å². The maximum absolute atomic E-state index is 12.6. The largest absolute Gasteiger partial charge is 0.294 e. The normalized spacial score (nSPS) is 16.7. The number of ketones is 2. The molecule has 0 N–H and O–H groups in total. The highest BCUT2D eigenvalue weighted by atomic mass is 16.1. The lowest BCUT2D eigenvalue weighted by Gasteiger charge is -2.10. The first-order valence-corrected chi connectivity index (χ1v) is 7.55. The van der Waals surface area contributed by atoms with Crippen LogP contribution in [0.25, 0.3) is 0 Å². The fraction of sp³-hybridized carbons (Fsp3) is 0.316. The van der Waals surface area contributed by atoms with E-state index < -0.39 is 0 Å². The predicted octanol–water partition coefficient (Wildman–Crippen LogP) is 3.50. The van der Waals surface area contributed by atoms with Gasteiger partial charge in [-0.05, 0) is 68.0 Å². The van der Waals surface area contributed by atoms with Gasteiger partial charge < -0.3 is 0 Å². The lowest BCUT2D eigenvalue weighted by Crippen LogP contribution is -2.14. The molecule has 1 aliphatic carbocycles. The summed E-state index contributed by atoms with van der Waals surface area (Å²) in [5.74, 6) is 0.124. The van der Waals surface area contributed by atoms with Crippen LogP contribution in [0.2, 0.25) is 0 Å². The van der Waals surface area contributed by atoms with E-state index in [2.05, 4.69) is 18.0 Å². The van der Waals surface area contributed by atoms with Gasteiger partial charge in [0, 0.05) is 29.4 Å². The van der Waals surface area contributed by atoms with E-state index in [0.29, 0.717) is 12.0 Å². The van der Waals surface area contributed by atoms with Gasteiger partial charge in [-0.15, -0.1) is 0 Å². The number of aromatic nitrogens is 1. The lowest BCUT2D eigenvalue weighted by molar-refractivity contribution is 0.0932. The first kappa shape index (κ1) is 14.6. The molecular weight excluding hydrogens is 274 g/mol. The van der Waals surface area contributed by atoms with Crippen molar-refractivity contribution in [3.05, 3.63) is 64.0 Å². The molecule has 1 heterocycles. The molecule has 0 spiro atoms. The van der Waals surface area contributed by atoms with Crippen molar-refractivity contribution in [2.24, 2.45) is 5.92 Å². The summed E-state index contributed by atoms with van der Waals surface area (Å²) in [6.45, 7) is 5.65. The second-order valence-electron chi connectivity index (χ2n) is 6.15. The van der Waals surface area contributed by atoms with Crippen molar-refractivity contribution in [1.82, 2.24) is 4.98 Å². The van der Waals surface area contributed by atoms with Crippen molar-refractivity contribution >= 4 is 11.6 Å². The molecule has 2 aromatic rings. The van der Waals surface area contributed by atoms with Gasteiger partial charge in [-0.3, -0.25) is 14.6 Å². The summed E-state index contributed by atoms with van der Waals surface area (Å²) in [4.78, 5) is 28.4. The summed E-state index contributed by atoms with van der Waals surface area (Å²) < 4.78 is 0. The SMILES string of the molecule is CC(=O)c1cnccc1CC1Cc2cc(C)c(C)cc2C1=O. The van der Waals surface area contributed by atoms with Gasteiger partial charge in [-0.1, -0.05) is 6.07 Å². The number of rotatable bonds is 3. The van der Waals surface area contributed by atoms with E-state index in [-0.39, 0.29) is 17.5 Å². The Morgan fingerprint density at radius 3 is 2.73 bits per heavy atom. The third-order valence-corrected chi connectivity index (χ3v) is 4.58. The van der Waals surface area contributed by atoms with Gasteiger partial charge in [0.15, 0.2) is 11.6 Å². The summed E-state index contributed by atoms with van der Waals surface area (Å²) in [5, 5.41) is 0. The molecule has 0 fully saturated rings. The monoisotopic (exact) mass is 293 g/mol. The standard InChI is InChI=1S/C19H19NO2/c1-11-6-15-9-16(19(22)17(15)7-12(11)2)8-14-4-5-20-10-18(14)13(3)21/h4-7,10,16H,8-9H2,1-3H3. The molecule has 22 heavy (non-hydrogen) atoms. The van der Waals surface area contributed by atoms with Crippen LogP contribution < -0.4 is 0 Å². The van der Waals surface area contributed by atoms with Crippen LogP contribution in [0.4, 0.5) is 0 Å². The van der Waals surface area contributed by atoms with Crippen molar-refractivity contribution in [3.63, 3.8) is 0 Å². The van der Waals surface area contributed by atoms with Crippen molar-refractivity contribution in [3.8, 4) is 0 Å². The average molecular weight is 293 g/mol. The van der Waals surface area contributed by atoms with E-state index in [4.69, 9.17) is 0 Å². The van der Waals surface area contributed by atoms with E-state index >= 15 is 0 Å². The second kappa shape index (κ2) is 5.48. The molecule has 0 aliphatic heterocycles. The molecule has 0 saturated carbocycles. The molecular formula is C19H19NO2. The highest BCUT2D eigenvalue weighted by Gasteiger charge is 2.31. The number of hydrogen-bond donors (Lipinski definition) is 0. The van der Waals surface area contributed by atoms with E-state index in [9.17, 15) is 9.59 Å². The molecule has 112 valence electrons. The van der Waals surface area contributed by atoms with E-state index in [1.54, 1.807) is 19.3 Å². The van der Waals surface area contributed by atoms with Crippen LogP contribution >= 0.6 is 0 Å². The molecule has 1 aromatic carbocycles. The number of carbonyl (C=O) groups excluding carboxylic acids is 2. The van der Waals surface area contributed by atoms with Crippen molar-refractivity contribution in [2.75, 3.05) is 0 Å². The predicted molar refractivity (Wildman–Crippen MR) is 85.4 cm³/mol. The number of nitrogens with zero attached hydrogens (tertiary/aromatic N) is 1. The van der Waals surface area contributed by atoms with Crippen molar-refractivity contribution in [2.45, 2.75) is 33.6 Å². The number of Topliss-reactive ketones (excluding diaryl/α,β-unsaturated/α-hetero) is 2. The molecule has 0 saturated heterocycles. The number of carbonyl (C=O) groups is 2. The minimum Gasteiger partial charge on any atom is -0.294 e. The topological polar surface area (TPSA) is 47.0 Å². The summed E-state index contributed by atoms with van der Waals surface area (Å²) >= 11 is 0. The zero-order valence-corrected chi connectivity index (χ0v) is 13.1. The summed E-state index contributed by atoms with van der Waals surface area (Å²) in [6, 6.07) is 5.98. The molecule has 1 aliphatic rings. The van der Waals surface area contributed by atoms with Crippen LogP contribution in [0.15, 0.2) is 30.6 Å². The van der Waals surface area contributed by atoms with E-state index in [1.807, 2.05) is 19.1 Å². The Kier molecular flexibility index (Phi) is 3.65. The summed E-state index contributed by atoms with van der Waals surface area (Å²) in [5.41, 5.74) is 5.91. The Balaban J connectivity index is 1.90. The fourth-order valence-corrected chi connectivity index (χ4v) is 3.20. The highest BCUT2D eigenvalue weighted by molar-refractivity contribution is 6.03. The molecule has 0 amide bonds. The quantitative estimate of drug-likeness (QED) is 0.814. The highest BCUT2D eigenvalue weighted by Crippen LogP contribution is 2.31. The van der Waals surface area contributed by atoms with Crippen LogP contribution in [0, 0.1) is 19.8 Å². The van der Waals surface area contributed by atoms with Gasteiger partial charge >= 0.3 is 0 Å². The summed E-state index contributed by atoms with van der Waals surface area (Å²) in [6.07, 6.45) is 4.64. The Hall–Kier alpha value is -2.29. The van der Waals surface area contributed by atoms with Crippen molar-refractivity contribution < 1.29 is 9.59 Å². The zero-order chi connectivity index (χ0) is 15.9. The van der Waals surface area contributed by atoms with Gasteiger partial charge in [-0.2, -0.15) is 0 Å². The molecule has 1 atom stereocenters. The van der Waals surface area contributed by atoms with Gasteiger partial charge in [0.1, 0.15) is 0 Å². The average Bonchev–Trinajstić information content (AvgIpc) is 2.76. The lowest BCUT2D eigenvalue weighted by atomic mass is 9.93. The zero-order valence-electron chi connectivity index (χ0n) is 13.1. The maximum Gasteiger partial charge on any atom is 0.166 e. The number of hydrogen-bond acceptors (Lipinski definition) is 3. The molecule has 3 heteroatoms. The Labute approximate surface area is 130 Å². The van der Waals surface area contributed by atoms with Gasteiger partial charge in [0.25, 0.3) is 0 Å². The number of benzene rings is 1. The third kappa shape index (κ3) is 2.47. The van der Waals surface area contributed by atoms with Crippen LogP contribution in [-0.2, 0) is 12.8 Å². The minimum atomic E-state index is -0.0725. The molecule has 1 unspecified atom stereocenters. The molecule has 3 nitrogen and oxygen atoms in total. The van der Waals surface area contributed by atoms with E-state index in [1.165, 1.54) is 5.56 Å². The van der Waals surface area contributed by atoms with Gasteiger partial charge in [0.05, 0.1) is 0 Å².